The molecule has 1 atom stereocenters. The van der Waals surface area contributed by atoms with Crippen molar-refractivity contribution in [1.29, 1.82) is 0 Å². The summed E-state index contributed by atoms with van der Waals surface area (Å²) in [5.41, 5.74) is 4.35. The summed E-state index contributed by atoms with van der Waals surface area (Å²) in [5, 5.41) is 1.02. The van der Waals surface area contributed by atoms with Crippen molar-refractivity contribution in [3.8, 4) is 0 Å². The maximum absolute atomic E-state index is 6.16. The Morgan fingerprint density at radius 1 is 1.21 bits per heavy atom. The van der Waals surface area contributed by atoms with Gasteiger partial charge in [-0.15, -0.1) is 11.3 Å². The molecular formula is C13H10Cl2N2OS. The number of hydrogen-bond acceptors (Lipinski definition) is 4. The zero-order valence-electron chi connectivity index (χ0n) is 9.69. The van der Waals surface area contributed by atoms with Crippen molar-refractivity contribution in [1.82, 2.24) is 5.43 Å². The van der Waals surface area contributed by atoms with Crippen molar-refractivity contribution in [3.63, 3.8) is 0 Å². The highest BCUT2D eigenvalue weighted by atomic mass is 35.5. The lowest BCUT2D eigenvalue weighted by Gasteiger charge is -2.12. The van der Waals surface area contributed by atoms with E-state index in [2.05, 4.69) is 5.43 Å². The summed E-state index contributed by atoms with van der Waals surface area (Å²) in [7, 11) is 0. The van der Waals surface area contributed by atoms with Gasteiger partial charge in [-0.05, 0) is 18.2 Å². The molecule has 0 amide bonds. The summed E-state index contributed by atoms with van der Waals surface area (Å²) in [4.78, 5) is 0. The first-order chi connectivity index (χ1) is 9.19. The molecule has 0 radical (unpaired) electrons. The van der Waals surface area contributed by atoms with Crippen LogP contribution in [0.25, 0.3) is 11.0 Å². The van der Waals surface area contributed by atoms with E-state index in [1.54, 1.807) is 6.07 Å². The maximum Gasteiger partial charge on any atom is 0.134 e. The van der Waals surface area contributed by atoms with E-state index in [9.17, 15) is 0 Å². The Morgan fingerprint density at radius 3 is 2.63 bits per heavy atom. The van der Waals surface area contributed by atoms with E-state index < -0.39 is 0 Å². The van der Waals surface area contributed by atoms with Gasteiger partial charge >= 0.3 is 0 Å². The largest absolute Gasteiger partial charge is 0.459 e. The van der Waals surface area contributed by atoms with Crippen molar-refractivity contribution in [2.45, 2.75) is 6.04 Å². The molecule has 6 heteroatoms. The summed E-state index contributed by atoms with van der Waals surface area (Å²) >= 11 is 13.4. The second kappa shape index (κ2) is 5.15. The molecule has 3 aromatic rings. The number of furan rings is 1. The van der Waals surface area contributed by atoms with E-state index in [1.165, 1.54) is 11.3 Å². The zero-order chi connectivity index (χ0) is 13.4. The van der Waals surface area contributed by atoms with Crippen molar-refractivity contribution in [2.24, 2.45) is 5.84 Å². The number of hydrazine groups is 1. The minimum atomic E-state index is -0.316. The Labute approximate surface area is 123 Å². The molecule has 0 aliphatic heterocycles. The monoisotopic (exact) mass is 312 g/mol. The topological polar surface area (TPSA) is 51.2 Å². The van der Waals surface area contributed by atoms with Crippen LogP contribution in [0.4, 0.5) is 0 Å². The molecule has 2 heterocycles. The number of benzene rings is 1. The Bertz CT molecular complexity index is 689. The van der Waals surface area contributed by atoms with Crippen LogP contribution in [0.2, 0.25) is 8.67 Å². The fourth-order valence-electron chi connectivity index (χ4n) is 2.02. The Morgan fingerprint density at radius 2 is 2.00 bits per heavy atom. The van der Waals surface area contributed by atoms with E-state index in [-0.39, 0.29) is 6.04 Å². The molecule has 0 aliphatic carbocycles. The molecule has 0 fully saturated rings. The molecule has 19 heavy (non-hydrogen) atoms. The van der Waals surface area contributed by atoms with E-state index in [1.807, 2.05) is 30.3 Å². The molecule has 2 aromatic heterocycles. The predicted molar refractivity (Wildman–Crippen MR) is 79.7 cm³/mol. The van der Waals surface area contributed by atoms with Crippen LogP contribution in [0.3, 0.4) is 0 Å². The van der Waals surface area contributed by atoms with Crippen LogP contribution in [0.5, 0.6) is 0 Å². The van der Waals surface area contributed by atoms with Gasteiger partial charge in [-0.3, -0.25) is 5.84 Å². The first kappa shape index (κ1) is 13.0. The third kappa shape index (κ3) is 2.38. The number of fused-ring (bicyclic) bond motifs is 1. The van der Waals surface area contributed by atoms with Crippen molar-refractivity contribution < 1.29 is 4.42 Å². The summed E-state index contributed by atoms with van der Waals surface area (Å²) < 4.78 is 7.03. The molecule has 3 N–H and O–H groups in total. The molecule has 0 bridgehead atoms. The van der Waals surface area contributed by atoms with Gasteiger partial charge in [-0.1, -0.05) is 41.4 Å². The Kier molecular flexibility index (Phi) is 3.52. The van der Waals surface area contributed by atoms with Gasteiger partial charge < -0.3 is 4.42 Å². The number of nitrogens with two attached hydrogens (primary N) is 1. The minimum Gasteiger partial charge on any atom is -0.459 e. The van der Waals surface area contributed by atoms with E-state index in [0.29, 0.717) is 14.4 Å². The van der Waals surface area contributed by atoms with Gasteiger partial charge in [0.25, 0.3) is 0 Å². The third-order valence-corrected chi connectivity index (χ3v) is 4.41. The van der Waals surface area contributed by atoms with Crippen molar-refractivity contribution in [3.05, 3.63) is 56.4 Å². The van der Waals surface area contributed by atoms with Crippen LogP contribution in [-0.4, -0.2) is 0 Å². The SMILES string of the molecule is NNC(c1cc2ccccc2o1)c1cc(Cl)sc1Cl. The first-order valence-corrected chi connectivity index (χ1v) is 7.15. The number of rotatable bonds is 3. The van der Waals surface area contributed by atoms with Gasteiger partial charge in [-0.2, -0.15) is 0 Å². The van der Waals surface area contributed by atoms with Crippen LogP contribution in [0, 0.1) is 0 Å². The molecular weight excluding hydrogens is 303 g/mol. The highest BCUT2D eigenvalue weighted by Crippen LogP contribution is 2.38. The van der Waals surface area contributed by atoms with Gasteiger partial charge in [0.2, 0.25) is 0 Å². The lowest BCUT2D eigenvalue weighted by molar-refractivity contribution is 0.478. The lowest BCUT2D eigenvalue weighted by Crippen LogP contribution is -2.28. The number of thiophene rings is 1. The standard InChI is InChI=1S/C13H10Cl2N2OS/c14-11-6-8(13(15)19-11)12(17-16)10-5-7-3-1-2-4-9(7)18-10/h1-6,12,17H,16H2. The Hall–Kier alpha value is -1.04. The fourth-order valence-corrected chi connectivity index (χ4v) is 3.55. The van der Waals surface area contributed by atoms with Crippen LogP contribution < -0.4 is 11.3 Å². The average molecular weight is 313 g/mol. The van der Waals surface area contributed by atoms with Gasteiger partial charge in [0.05, 0.1) is 8.67 Å². The summed E-state index contributed by atoms with van der Waals surface area (Å²) in [5.74, 6) is 6.34. The van der Waals surface area contributed by atoms with Crippen LogP contribution >= 0.6 is 34.5 Å². The zero-order valence-corrected chi connectivity index (χ0v) is 12.0. The van der Waals surface area contributed by atoms with Gasteiger partial charge in [-0.25, -0.2) is 5.43 Å². The smallest absolute Gasteiger partial charge is 0.134 e. The van der Waals surface area contributed by atoms with E-state index in [4.69, 9.17) is 33.5 Å². The van der Waals surface area contributed by atoms with Gasteiger partial charge in [0.1, 0.15) is 17.4 Å². The number of hydrogen-bond donors (Lipinski definition) is 2. The number of para-hydroxylation sites is 1. The Balaban J connectivity index is 2.09. The quantitative estimate of drug-likeness (QED) is 0.558. The van der Waals surface area contributed by atoms with Crippen molar-refractivity contribution >= 4 is 45.5 Å². The van der Waals surface area contributed by atoms with Gasteiger partial charge in [0.15, 0.2) is 0 Å². The summed E-state index contributed by atoms with van der Waals surface area (Å²) in [6.45, 7) is 0. The first-order valence-electron chi connectivity index (χ1n) is 5.58. The molecule has 0 aliphatic rings. The molecule has 0 saturated heterocycles. The van der Waals surface area contributed by atoms with Crippen LogP contribution in [0.1, 0.15) is 17.4 Å². The van der Waals surface area contributed by atoms with Gasteiger partial charge in [0, 0.05) is 10.9 Å². The number of nitrogens with one attached hydrogen (secondary N) is 1. The predicted octanol–water partition coefficient (Wildman–Crippen LogP) is 4.35. The second-order valence-corrected chi connectivity index (χ2v) is 6.35. The maximum atomic E-state index is 6.16. The molecule has 0 saturated carbocycles. The molecule has 3 nitrogen and oxygen atoms in total. The minimum absolute atomic E-state index is 0.316. The highest BCUT2D eigenvalue weighted by molar-refractivity contribution is 7.20. The second-order valence-electron chi connectivity index (χ2n) is 4.07. The lowest BCUT2D eigenvalue weighted by atomic mass is 10.1. The summed E-state index contributed by atoms with van der Waals surface area (Å²) in [6.07, 6.45) is 0. The fraction of sp³-hybridized carbons (Fsp3) is 0.0769. The summed E-state index contributed by atoms with van der Waals surface area (Å²) in [6, 6.07) is 11.2. The molecule has 1 aromatic carbocycles. The van der Waals surface area contributed by atoms with E-state index in [0.717, 1.165) is 16.5 Å². The van der Waals surface area contributed by atoms with Crippen LogP contribution in [-0.2, 0) is 0 Å². The molecule has 98 valence electrons. The highest BCUT2D eigenvalue weighted by Gasteiger charge is 2.21. The number of halogens is 2. The molecule has 0 spiro atoms. The van der Waals surface area contributed by atoms with E-state index >= 15 is 0 Å². The molecule has 3 rings (SSSR count). The average Bonchev–Trinajstić information content (AvgIpc) is 2.94. The normalized spacial score (nSPS) is 13.0. The van der Waals surface area contributed by atoms with Crippen molar-refractivity contribution in [2.75, 3.05) is 0 Å². The van der Waals surface area contributed by atoms with Crippen LogP contribution in [0.15, 0.2) is 40.8 Å². The molecule has 1 unspecified atom stereocenters. The third-order valence-electron chi connectivity index (χ3n) is 2.89.